The highest BCUT2D eigenvalue weighted by Gasteiger charge is 2.10. The van der Waals surface area contributed by atoms with E-state index in [0.717, 1.165) is 24.5 Å². The van der Waals surface area contributed by atoms with Crippen molar-refractivity contribution in [2.24, 2.45) is 5.73 Å². The third kappa shape index (κ3) is 5.63. The smallest absolute Gasteiger partial charge is 0.129 e. The van der Waals surface area contributed by atoms with Crippen LogP contribution in [0.15, 0.2) is 12.3 Å². The molecule has 2 N–H and O–H groups in total. The largest absolute Gasteiger partial charge is 0.380 e. The predicted molar refractivity (Wildman–Crippen MR) is 82.3 cm³/mol. The first-order valence-electron chi connectivity index (χ1n) is 6.97. The van der Waals surface area contributed by atoms with Crippen molar-refractivity contribution in [1.29, 1.82) is 0 Å². The van der Waals surface area contributed by atoms with Crippen LogP contribution in [0.25, 0.3) is 0 Å². The lowest BCUT2D eigenvalue weighted by Gasteiger charge is -2.24. The molecule has 0 bridgehead atoms. The molecule has 6 heteroatoms. The van der Waals surface area contributed by atoms with E-state index in [1.807, 2.05) is 19.9 Å². The number of hydrogen-bond donors (Lipinski definition) is 1. The molecule has 20 heavy (non-hydrogen) atoms. The maximum Gasteiger partial charge on any atom is 0.129 e. The highest BCUT2D eigenvalue weighted by Crippen LogP contribution is 2.20. The zero-order chi connectivity index (χ0) is 14.8. The highest BCUT2D eigenvalue weighted by atomic mass is 35.5. The third-order valence-electron chi connectivity index (χ3n) is 2.88. The Kier molecular flexibility index (Phi) is 8.53. The zero-order valence-corrected chi connectivity index (χ0v) is 13.0. The van der Waals surface area contributed by atoms with Gasteiger partial charge in [-0.05, 0) is 25.5 Å². The average molecular weight is 302 g/mol. The Morgan fingerprint density at radius 3 is 2.30 bits per heavy atom. The number of hydrogen-bond acceptors (Lipinski definition) is 5. The Morgan fingerprint density at radius 1 is 1.20 bits per heavy atom. The van der Waals surface area contributed by atoms with Crippen LogP contribution < -0.4 is 10.6 Å². The Morgan fingerprint density at radius 2 is 1.80 bits per heavy atom. The number of anilines is 1. The van der Waals surface area contributed by atoms with Gasteiger partial charge in [-0.15, -0.1) is 0 Å². The van der Waals surface area contributed by atoms with Crippen molar-refractivity contribution in [2.45, 2.75) is 20.4 Å². The van der Waals surface area contributed by atoms with Gasteiger partial charge in [-0.1, -0.05) is 11.6 Å². The van der Waals surface area contributed by atoms with Crippen LogP contribution in [0.1, 0.15) is 19.4 Å². The van der Waals surface area contributed by atoms with Crippen molar-refractivity contribution in [3.63, 3.8) is 0 Å². The van der Waals surface area contributed by atoms with Gasteiger partial charge in [0.05, 0.1) is 18.2 Å². The Hall–Kier alpha value is -0.880. The lowest BCUT2D eigenvalue weighted by atomic mass is 10.2. The summed E-state index contributed by atoms with van der Waals surface area (Å²) in [6.07, 6.45) is 1.65. The topological polar surface area (TPSA) is 60.6 Å². The van der Waals surface area contributed by atoms with E-state index in [1.54, 1.807) is 6.20 Å². The Bertz CT molecular complexity index is 381. The van der Waals surface area contributed by atoms with Crippen molar-refractivity contribution in [3.8, 4) is 0 Å². The van der Waals surface area contributed by atoms with Gasteiger partial charge in [-0.3, -0.25) is 0 Å². The minimum absolute atomic E-state index is 0.402. The molecule has 0 saturated carbocycles. The highest BCUT2D eigenvalue weighted by molar-refractivity contribution is 6.31. The average Bonchev–Trinajstić information content (AvgIpc) is 2.47. The maximum absolute atomic E-state index is 6.04. The standard InChI is InChI=1S/C14H24ClN3O2/c1-3-19-7-5-18(6-8-20-4-2)14-9-12(10-16)13(15)11-17-14/h9,11H,3-8,10,16H2,1-2H3. The number of nitrogens with two attached hydrogens (primary N) is 1. The molecule has 1 rings (SSSR count). The summed E-state index contributed by atoms with van der Waals surface area (Å²) in [5.41, 5.74) is 6.58. The van der Waals surface area contributed by atoms with Gasteiger partial charge in [-0.2, -0.15) is 0 Å². The Balaban J connectivity index is 2.73. The van der Waals surface area contributed by atoms with E-state index in [-0.39, 0.29) is 0 Å². The first-order valence-corrected chi connectivity index (χ1v) is 7.35. The summed E-state index contributed by atoms with van der Waals surface area (Å²) in [4.78, 5) is 6.50. The molecule has 0 aliphatic carbocycles. The van der Waals surface area contributed by atoms with E-state index < -0.39 is 0 Å². The van der Waals surface area contributed by atoms with E-state index in [1.165, 1.54) is 0 Å². The summed E-state index contributed by atoms with van der Waals surface area (Å²) >= 11 is 6.04. The molecule has 0 fully saturated rings. The number of ether oxygens (including phenoxy) is 2. The summed E-state index contributed by atoms with van der Waals surface area (Å²) in [6.45, 7) is 8.63. The lowest BCUT2D eigenvalue weighted by Crippen LogP contribution is -2.32. The first-order chi connectivity index (χ1) is 9.72. The lowest BCUT2D eigenvalue weighted by molar-refractivity contribution is 0.141. The molecule has 0 amide bonds. The van der Waals surface area contributed by atoms with E-state index in [2.05, 4.69) is 9.88 Å². The summed E-state index contributed by atoms with van der Waals surface area (Å²) < 4.78 is 10.8. The first kappa shape index (κ1) is 17.2. The SMILES string of the molecule is CCOCCN(CCOCC)c1cc(CN)c(Cl)cn1. The number of rotatable bonds is 10. The van der Waals surface area contributed by atoms with Gasteiger partial charge in [0.2, 0.25) is 0 Å². The third-order valence-corrected chi connectivity index (χ3v) is 3.22. The predicted octanol–water partition coefficient (Wildman–Crippen LogP) is 2.07. The van der Waals surface area contributed by atoms with Crippen molar-refractivity contribution in [1.82, 2.24) is 4.98 Å². The molecule has 0 radical (unpaired) electrons. The van der Waals surface area contributed by atoms with E-state index in [4.69, 9.17) is 26.8 Å². The van der Waals surface area contributed by atoms with Crippen LogP contribution in [0, 0.1) is 0 Å². The summed E-state index contributed by atoms with van der Waals surface area (Å²) in [6, 6.07) is 1.93. The van der Waals surface area contributed by atoms with Crippen LogP contribution >= 0.6 is 11.6 Å². The molecule has 1 heterocycles. The molecule has 0 aliphatic heterocycles. The monoisotopic (exact) mass is 301 g/mol. The molecule has 0 atom stereocenters. The second kappa shape index (κ2) is 9.94. The Labute approximate surface area is 126 Å². The quantitative estimate of drug-likeness (QED) is 0.670. The van der Waals surface area contributed by atoms with Crippen LogP contribution in [-0.2, 0) is 16.0 Å². The summed E-state index contributed by atoms with van der Waals surface area (Å²) in [7, 11) is 0. The molecule has 1 aromatic rings. The van der Waals surface area contributed by atoms with Crippen molar-refractivity contribution in [3.05, 3.63) is 22.8 Å². The minimum Gasteiger partial charge on any atom is -0.380 e. The molecule has 0 spiro atoms. The molecule has 1 aromatic heterocycles. The van der Waals surface area contributed by atoms with Crippen molar-refractivity contribution in [2.75, 3.05) is 44.4 Å². The summed E-state index contributed by atoms with van der Waals surface area (Å²) in [5.74, 6) is 0.856. The van der Waals surface area contributed by atoms with Gasteiger partial charge < -0.3 is 20.1 Å². The zero-order valence-electron chi connectivity index (χ0n) is 12.3. The normalized spacial score (nSPS) is 10.8. The number of nitrogens with zero attached hydrogens (tertiary/aromatic N) is 2. The molecule has 5 nitrogen and oxygen atoms in total. The van der Waals surface area contributed by atoms with Crippen LogP contribution in [-0.4, -0.2) is 44.5 Å². The maximum atomic E-state index is 6.04. The second-order valence-corrected chi connectivity index (χ2v) is 4.63. The molecule has 0 saturated heterocycles. The van der Waals surface area contributed by atoms with Crippen LogP contribution in [0.3, 0.4) is 0 Å². The van der Waals surface area contributed by atoms with Crippen LogP contribution in [0.2, 0.25) is 5.02 Å². The van der Waals surface area contributed by atoms with Gasteiger partial charge in [0, 0.05) is 39.0 Å². The molecule has 114 valence electrons. The van der Waals surface area contributed by atoms with Gasteiger partial charge in [-0.25, -0.2) is 4.98 Å². The molecule has 0 aliphatic rings. The van der Waals surface area contributed by atoms with Gasteiger partial charge in [0.25, 0.3) is 0 Å². The molecular formula is C14H24ClN3O2. The minimum atomic E-state index is 0.402. The number of pyridine rings is 1. The second-order valence-electron chi connectivity index (χ2n) is 4.22. The fourth-order valence-electron chi connectivity index (χ4n) is 1.78. The van der Waals surface area contributed by atoms with Crippen molar-refractivity contribution < 1.29 is 9.47 Å². The molecule has 0 unspecified atom stereocenters. The van der Waals surface area contributed by atoms with Gasteiger partial charge in [0.15, 0.2) is 0 Å². The van der Waals surface area contributed by atoms with Crippen molar-refractivity contribution >= 4 is 17.4 Å². The van der Waals surface area contributed by atoms with Crippen LogP contribution in [0.4, 0.5) is 5.82 Å². The molecule has 0 aromatic carbocycles. The van der Waals surface area contributed by atoms with E-state index in [9.17, 15) is 0 Å². The van der Waals surface area contributed by atoms with Gasteiger partial charge >= 0.3 is 0 Å². The number of aromatic nitrogens is 1. The fraction of sp³-hybridized carbons (Fsp3) is 0.643. The summed E-state index contributed by atoms with van der Waals surface area (Å²) in [5, 5.41) is 0.603. The van der Waals surface area contributed by atoms with Crippen LogP contribution in [0.5, 0.6) is 0 Å². The van der Waals surface area contributed by atoms with E-state index in [0.29, 0.717) is 38.0 Å². The number of halogens is 1. The van der Waals surface area contributed by atoms with E-state index >= 15 is 0 Å². The van der Waals surface area contributed by atoms with Gasteiger partial charge in [0.1, 0.15) is 5.82 Å². The fourth-order valence-corrected chi connectivity index (χ4v) is 1.96. The molecular weight excluding hydrogens is 278 g/mol.